The molecule has 0 aliphatic rings. The maximum atomic E-state index is 5.14. The summed E-state index contributed by atoms with van der Waals surface area (Å²) in [7, 11) is 0. The van der Waals surface area contributed by atoms with Gasteiger partial charge in [0.1, 0.15) is 0 Å². The molecular weight excluding hydrogens is 190 g/mol. The summed E-state index contributed by atoms with van der Waals surface area (Å²) in [6, 6.07) is 10.4. The van der Waals surface area contributed by atoms with Crippen LogP contribution in [0.4, 0.5) is 0 Å². The van der Waals surface area contributed by atoms with Crippen LogP contribution in [0.1, 0.15) is 6.42 Å². The Labute approximate surface area is 90.3 Å². The van der Waals surface area contributed by atoms with Crippen LogP contribution >= 0.6 is 11.8 Å². The van der Waals surface area contributed by atoms with Gasteiger partial charge in [0, 0.05) is 30.2 Å². The molecule has 0 amide bonds. The summed E-state index contributed by atoms with van der Waals surface area (Å²) < 4.78 is 0. The Kier molecular flexibility index (Phi) is 5.97. The van der Waals surface area contributed by atoms with E-state index in [0.29, 0.717) is 0 Å². The van der Waals surface area contributed by atoms with Crippen LogP contribution in [-0.2, 0) is 0 Å². The monoisotopic (exact) mass is 205 g/mol. The highest BCUT2D eigenvalue weighted by atomic mass is 32.2. The van der Waals surface area contributed by atoms with E-state index in [1.165, 1.54) is 4.90 Å². The van der Waals surface area contributed by atoms with Crippen LogP contribution in [0.3, 0.4) is 0 Å². The molecule has 1 N–H and O–H groups in total. The van der Waals surface area contributed by atoms with Crippen LogP contribution in [0.25, 0.3) is 0 Å². The van der Waals surface area contributed by atoms with Gasteiger partial charge in [0.2, 0.25) is 0 Å². The van der Waals surface area contributed by atoms with Crippen molar-refractivity contribution >= 4 is 11.8 Å². The molecule has 0 unspecified atom stereocenters. The normalized spacial score (nSPS) is 9.64. The topological polar surface area (TPSA) is 12.0 Å². The van der Waals surface area contributed by atoms with E-state index in [9.17, 15) is 0 Å². The zero-order chi connectivity index (χ0) is 10.1. The minimum absolute atomic E-state index is 0.815. The number of terminal acetylenes is 1. The van der Waals surface area contributed by atoms with Gasteiger partial charge in [-0.05, 0) is 12.1 Å². The maximum absolute atomic E-state index is 5.14. The Morgan fingerprint density at radius 2 is 2.00 bits per heavy atom. The minimum atomic E-state index is 0.815. The number of hydrogen-bond donors (Lipinski definition) is 1. The summed E-state index contributed by atoms with van der Waals surface area (Å²) in [6.45, 7) is 1.94. The Morgan fingerprint density at radius 1 is 1.21 bits per heavy atom. The fraction of sp³-hybridized carbons (Fsp3) is 0.333. The fourth-order valence-corrected chi connectivity index (χ4v) is 1.88. The summed E-state index contributed by atoms with van der Waals surface area (Å²) in [4.78, 5) is 1.33. The van der Waals surface area contributed by atoms with Crippen LogP contribution in [0.5, 0.6) is 0 Å². The molecule has 0 saturated heterocycles. The van der Waals surface area contributed by atoms with E-state index in [4.69, 9.17) is 6.42 Å². The molecule has 0 heterocycles. The molecule has 0 aliphatic carbocycles. The molecule has 0 fully saturated rings. The highest BCUT2D eigenvalue weighted by Crippen LogP contribution is 2.15. The first-order valence-corrected chi connectivity index (χ1v) is 5.74. The summed E-state index contributed by atoms with van der Waals surface area (Å²) in [5.74, 6) is 3.70. The smallest absolute Gasteiger partial charge is 0.0211 e. The standard InChI is InChI=1S/C12H15NS/c1-2-3-9-13-10-11-14-12-7-5-4-6-8-12/h1,4-8,13H,3,9-11H2. The molecule has 1 aromatic rings. The van der Waals surface area contributed by atoms with E-state index in [-0.39, 0.29) is 0 Å². The van der Waals surface area contributed by atoms with Crippen molar-refractivity contribution in [3.63, 3.8) is 0 Å². The van der Waals surface area contributed by atoms with Gasteiger partial charge < -0.3 is 5.32 Å². The molecule has 0 spiro atoms. The Balaban J connectivity index is 2.03. The van der Waals surface area contributed by atoms with Crippen LogP contribution in [0, 0.1) is 12.3 Å². The molecule has 1 aromatic carbocycles. The summed E-state index contributed by atoms with van der Waals surface area (Å²) in [5, 5.41) is 3.29. The summed E-state index contributed by atoms with van der Waals surface area (Å²) >= 11 is 1.86. The van der Waals surface area contributed by atoms with E-state index in [2.05, 4.69) is 35.5 Å². The van der Waals surface area contributed by atoms with Crippen LogP contribution in [-0.4, -0.2) is 18.8 Å². The Hall–Kier alpha value is -0.910. The first-order chi connectivity index (χ1) is 6.93. The lowest BCUT2D eigenvalue weighted by Gasteiger charge is -2.02. The van der Waals surface area contributed by atoms with Gasteiger partial charge in [-0.25, -0.2) is 0 Å². The maximum Gasteiger partial charge on any atom is 0.0211 e. The van der Waals surface area contributed by atoms with E-state index in [0.717, 1.165) is 25.3 Å². The minimum Gasteiger partial charge on any atom is -0.315 e. The Bertz CT molecular complexity index is 276. The zero-order valence-electron chi connectivity index (χ0n) is 8.20. The molecule has 74 valence electrons. The Morgan fingerprint density at radius 3 is 2.71 bits per heavy atom. The lowest BCUT2D eigenvalue weighted by atomic mass is 10.4. The zero-order valence-corrected chi connectivity index (χ0v) is 9.02. The molecule has 14 heavy (non-hydrogen) atoms. The third-order valence-electron chi connectivity index (χ3n) is 1.74. The molecule has 1 rings (SSSR count). The summed E-state index contributed by atoms with van der Waals surface area (Å²) in [6.07, 6.45) is 5.95. The van der Waals surface area contributed by atoms with E-state index < -0.39 is 0 Å². The van der Waals surface area contributed by atoms with Gasteiger partial charge in [-0.2, -0.15) is 0 Å². The fourth-order valence-electron chi connectivity index (χ4n) is 1.04. The van der Waals surface area contributed by atoms with Gasteiger partial charge in [-0.1, -0.05) is 18.2 Å². The first-order valence-electron chi connectivity index (χ1n) is 4.75. The third-order valence-corrected chi connectivity index (χ3v) is 2.75. The number of thioether (sulfide) groups is 1. The average molecular weight is 205 g/mol. The van der Waals surface area contributed by atoms with Gasteiger partial charge in [-0.3, -0.25) is 0 Å². The van der Waals surface area contributed by atoms with Gasteiger partial charge >= 0.3 is 0 Å². The molecule has 0 saturated carbocycles. The SMILES string of the molecule is C#CCCNCCSc1ccccc1. The highest BCUT2D eigenvalue weighted by molar-refractivity contribution is 7.99. The molecule has 0 radical (unpaired) electrons. The molecule has 0 aromatic heterocycles. The van der Waals surface area contributed by atoms with Crippen molar-refractivity contribution in [2.24, 2.45) is 0 Å². The number of nitrogens with one attached hydrogen (secondary N) is 1. The predicted octanol–water partition coefficient (Wildman–Crippen LogP) is 2.39. The van der Waals surface area contributed by atoms with Gasteiger partial charge in [0.15, 0.2) is 0 Å². The second kappa shape index (κ2) is 7.49. The molecule has 1 nitrogen and oxygen atoms in total. The van der Waals surface area contributed by atoms with Crippen molar-refractivity contribution in [1.82, 2.24) is 5.32 Å². The van der Waals surface area contributed by atoms with Crippen molar-refractivity contribution in [2.75, 3.05) is 18.8 Å². The van der Waals surface area contributed by atoms with Crippen molar-refractivity contribution in [2.45, 2.75) is 11.3 Å². The number of hydrogen-bond acceptors (Lipinski definition) is 2. The second-order valence-corrected chi connectivity index (χ2v) is 4.03. The predicted molar refractivity (Wildman–Crippen MR) is 63.5 cm³/mol. The molecule has 0 aliphatic heterocycles. The van der Waals surface area contributed by atoms with Gasteiger partial charge in [0.25, 0.3) is 0 Å². The molecular formula is C12H15NS. The van der Waals surface area contributed by atoms with E-state index in [1.54, 1.807) is 0 Å². The lowest BCUT2D eigenvalue weighted by molar-refractivity contribution is 0.738. The largest absolute Gasteiger partial charge is 0.315 e. The summed E-state index contributed by atoms with van der Waals surface area (Å²) in [5.41, 5.74) is 0. The lowest BCUT2D eigenvalue weighted by Crippen LogP contribution is -2.17. The van der Waals surface area contributed by atoms with Crippen molar-refractivity contribution < 1.29 is 0 Å². The average Bonchev–Trinajstić information content (AvgIpc) is 2.25. The van der Waals surface area contributed by atoms with Crippen LogP contribution in [0.15, 0.2) is 35.2 Å². The van der Waals surface area contributed by atoms with E-state index >= 15 is 0 Å². The number of benzene rings is 1. The van der Waals surface area contributed by atoms with Crippen LogP contribution in [0.2, 0.25) is 0 Å². The first kappa shape index (κ1) is 11.2. The quantitative estimate of drug-likeness (QED) is 0.435. The van der Waals surface area contributed by atoms with Crippen molar-refractivity contribution in [3.05, 3.63) is 30.3 Å². The van der Waals surface area contributed by atoms with Gasteiger partial charge in [-0.15, -0.1) is 24.1 Å². The number of rotatable bonds is 6. The second-order valence-electron chi connectivity index (χ2n) is 2.87. The van der Waals surface area contributed by atoms with E-state index in [1.807, 2.05) is 17.8 Å². The van der Waals surface area contributed by atoms with Crippen molar-refractivity contribution in [1.29, 1.82) is 0 Å². The molecule has 2 heteroatoms. The van der Waals surface area contributed by atoms with Gasteiger partial charge in [0.05, 0.1) is 0 Å². The van der Waals surface area contributed by atoms with Crippen LogP contribution < -0.4 is 5.32 Å². The molecule has 0 bridgehead atoms. The third kappa shape index (κ3) is 4.96. The van der Waals surface area contributed by atoms with Crippen molar-refractivity contribution in [3.8, 4) is 12.3 Å². The molecule has 0 atom stereocenters. The highest BCUT2D eigenvalue weighted by Gasteiger charge is 1.91.